The molecule has 0 heterocycles. The first kappa shape index (κ1) is 24.2. The van der Waals surface area contributed by atoms with Crippen molar-refractivity contribution >= 4 is 0 Å². The van der Waals surface area contributed by atoms with E-state index in [-0.39, 0.29) is 0 Å². The van der Waals surface area contributed by atoms with Gasteiger partial charge in [0.2, 0.25) is 0 Å². The van der Waals surface area contributed by atoms with Crippen molar-refractivity contribution in [3.8, 4) is 23.7 Å². The van der Waals surface area contributed by atoms with E-state index < -0.39 is 11.2 Å². The van der Waals surface area contributed by atoms with E-state index in [4.69, 9.17) is 0 Å². The van der Waals surface area contributed by atoms with Gasteiger partial charge in [0.05, 0.1) is 0 Å². The van der Waals surface area contributed by atoms with Gasteiger partial charge in [-0.25, -0.2) is 0 Å². The summed E-state index contributed by atoms with van der Waals surface area (Å²) >= 11 is 0. The van der Waals surface area contributed by atoms with Gasteiger partial charge in [-0.05, 0) is 86.9 Å². The predicted octanol–water partition coefficient (Wildman–Crippen LogP) is 6.78. The Hall–Kier alpha value is -0.960. The molecule has 178 valence electrons. The van der Waals surface area contributed by atoms with Gasteiger partial charge in [0.25, 0.3) is 0 Å². The van der Waals surface area contributed by atoms with Crippen LogP contribution in [-0.2, 0) is 0 Å². The smallest absolute Gasteiger partial charge is 0.132 e. The first-order valence-corrected chi connectivity index (χ1v) is 14.1. The minimum absolute atomic E-state index is 0.296. The number of hydrogen-bond donors (Lipinski definition) is 2. The molecule has 0 bridgehead atoms. The van der Waals surface area contributed by atoms with Crippen LogP contribution in [0.2, 0.25) is 0 Å². The van der Waals surface area contributed by atoms with E-state index in [0.717, 1.165) is 51.4 Å². The lowest BCUT2D eigenvalue weighted by Crippen LogP contribution is -2.46. The minimum atomic E-state index is -0.886. The van der Waals surface area contributed by atoms with Crippen molar-refractivity contribution in [1.29, 1.82) is 0 Å². The van der Waals surface area contributed by atoms with Gasteiger partial charge in [-0.1, -0.05) is 88.9 Å². The van der Waals surface area contributed by atoms with E-state index in [1.165, 1.54) is 77.0 Å². The van der Waals surface area contributed by atoms with Crippen molar-refractivity contribution in [3.05, 3.63) is 0 Å². The highest BCUT2D eigenvalue weighted by Crippen LogP contribution is 2.44. The second-order valence-electron chi connectivity index (χ2n) is 11.5. The molecule has 4 fully saturated rings. The van der Waals surface area contributed by atoms with Crippen LogP contribution in [0.1, 0.15) is 128 Å². The average Bonchev–Trinajstić information content (AvgIpc) is 2.88. The highest BCUT2D eigenvalue weighted by molar-refractivity contribution is 5.35. The molecule has 4 saturated carbocycles. The lowest BCUT2D eigenvalue weighted by molar-refractivity contribution is -0.0437. The van der Waals surface area contributed by atoms with Crippen LogP contribution >= 0.6 is 0 Å². The van der Waals surface area contributed by atoms with Crippen LogP contribution in [0.25, 0.3) is 0 Å². The summed E-state index contributed by atoms with van der Waals surface area (Å²) in [6.07, 6.45) is 23.7. The molecule has 2 nitrogen and oxygen atoms in total. The van der Waals surface area contributed by atoms with Crippen LogP contribution < -0.4 is 0 Å². The largest absolute Gasteiger partial charge is 0.377 e. The van der Waals surface area contributed by atoms with Crippen LogP contribution in [0, 0.1) is 47.4 Å². The molecule has 4 aliphatic carbocycles. The third-order valence-electron chi connectivity index (χ3n) is 9.50. The highest BCUT2D eigenvalue weighted by atomic mass is 16.3. The summed E-state index contributed by atoms with van der Waals surface area (Å²) in [5, 5.41) is 23.8. The SMILES string of the molecule is OC(C#CC#CC(O)(C1CCCCC1)C1CCCCC1)(C1CCCCC1)C1CCCCC1. The molecule has 0 aromatic carbocycles. The van der Waals surface area contributed by atoms with E-state index in [0.29, 0.717) is 23.7 Å². The predicted molar refractivity (Wildman–Crippen MR) is 132 cm³/mol. The molecule has 32 heavy (non-hydrogen) atoms. The normalized spacial score (nSPS) is 25.4. The van der Waals surface area contributed by atoms with Crippen molar-refractivity contribution in [2.75, 3.05) is 0 Å². The molecule has 2 N–H and O–H groups in total. The third-order valence-corrected chi connectivity index (χ3v) is 9.50. The van der Waals surface area contributed by atoms with Crippen LogP contribution in [0.3, 0.4) is 0 Å². The average molecular weight is 439 g/mol. The number of rotatable bonds is 4. The molecule has 2 heteroatoms. The second kappa shape index (κ2) is 11.4. The summed E-state index contributed by atoms with van der Waals surface area (Å²) in [6, 6.07) is 0. The van der Waals surface area contributed by atoms with Crippen LogP contribution in [0.5, 0.6) is 0 Å². The first-order chi connectivity index (χ1) is 15.6. The van der Waals surface area contributed by atoms with Gasteiger partial charge in [0.15, 0.2) is 0 Å². The molecule has 0 unspecified atom stereocenters. The highest BCUT2D eigenvalue weighted by Gasteiger charge is 2.44. The fourth-order valence-corrected chi connectivity index (χ4v) is 7.51. The minimum Gasteiger partial charge on any atom is -0.377 e. The van der Waals surface area contributed by atoms with Gasteiger partial charge in [-0.3, -0.25) is 0 Å². The third kappa shape index (κ3) is 5.57. The molecule has 0 aromatic rings. The van der Waals surface area contributed by atoms with Gasteiger partial charge in [0, 0.05) is 0 Å². The lowest BCUT2D eigenvalue weighted by Gasteiger charge is -2.42. The Kier molecular flexibility index (Phi) is 8.65. The lowest BCUT2D eigenvalue weighted by atomic mass is 9.66. The Bertz CT molecular complexity index is 595. The molecule has 4 rings (SSSR count). The van der Waals surface area contributed by atoms with E-state index >= 15 is 0 Å². The van der Waals surface area contributed by atoms with Crippen molar-refractivity contribution < 1.29 is 10.2 Å². The van der Waals surface area contributed by atoms with Gasteiger partial charge < -0.3 is 10.2 Å². The topological polar surface area (TPSA) is 40.5 Å². The molecule has 4 aliphatic rings. The summed E-state index contributed by atoms with van der Waals surface area (Å²) in [7, 11) is 0. The molecule has 0 amide bonds. The van der Waals surface area contributed by atoms with Crippen molar-refractivity contribution in [3.63, 3.8) is 0 Å². The summed E-state index contributed by atoms with van der Waals surface area (Å²) < 4.78 is 0. The zero-order valence-corrected chi connectivity index (χ0v) is 20.3. The summed E-state index contributed by atoms with van der Waals surface area (Å²) in [5.74, 6) is 14.1. The number of hydrogen-bond acceptors (Lipinski definition) is 2. The molecular formula is C30H46O2. The molecule has 0 spiro atoms. The Morgan fingerprint density at radius 1 is 0.375 bits per heavy atom. The molecule has 0 saturated heterocycles. The Morgan fingerprint density at radius 2 is 0.594 bits per heavy atom. The fraction of sp³-hybridized carbons (Fsp3) is 0.867. The quantitative estimate of drug-likeness (QED) is 0.475. The zero-order valence-electron chi connectivity index (χ0n) is 20.3. The Morgan fingerprint density at radius 3 is 0.812 bits per heavy atom. The monoisotopic (exact) mass is 438 g/mol. The van der Waals surface area contributed by atoms with Gasteiger partial charge in [-0.15, -0.1) is 0 Å². The molecule has 0 aliphatic heterocycles. The molecular weight excluding hydrogens is 392 g/mol. The zero-order chi connectivity index (χ0) is 22.3. The Balaban J connectivity index is 1.57. The van der Waals surface area contributed by atoms with Crippen molar-refractivity contribution in [2.24, 2.45) is 23.7 Å². The van der Waals surface area contributed by atoms with Crippen molar-refractivity contribution in [2.45, 2.75) is 140 Å². The number of aliphatic hydroxyl groups is 2. The molecule has 0 aromatic heterocycles. The molecule has 0 radical (unpaired) electrons. The maximum Gasteiger partial charge on any atom is 0.132 e. The van der Waals surface area contributed by atoms with Crippen LogP contribution in [0.15, 0.2) is 0 Å². The summed E-state index contributed by atoms with van der Waals surface area (Å²) in [5.41, 5.74) is -1.77. The van der Waals surface area contributed by atoms with Gasteiger partial charge >= 0.3 is 0 Å². The van der Waals surface area contributed by atoms with Crippen LogP contribution in [-0.4, -0.2) is 21.4 Å². The fourth-order valence-electron chi connectivity index (χ4n) is 7.51. The summed E-state index contributed by atoms with van der Waals surface area (Å²) in [6.45, 7) is 0. The van der Waals surface area contributed by atoms with E-state index in [9.17, 15) is 10.2 Å². The maximum atomic E-state index is 11.9. The van der Waals surface area contributed by atoms with E-state index in [2.05, 4.69) is 23.7 Å². The van der Waals surface area contributed by atoms with E-state index in [1.807, 2.05) is 0 Å². The van der Waals surface area contributed by atoms with Crippen molar-refractivity contribution in [1.82, 2.24) is 0 Å². The summed E-state index contributed by atoms with van der Waals surface area (Å²) in [4.78, 5) is 0. The van der Waals surface area contributed by atoms with Crippen LogP contribution in [0.4, 0.5) is 0 Å². The Labute approximate surface area is 197 Å². The van der Waals surface area contributed by atoms with E-state index in [1.54, 1.807) is 0 Å². The standard InChI is InChI=1S/C30H46O2/c31-29(25-15-5-1-6-16-25,26-17-7-2-8-18-26)23-13-14-24-30(32,27-19-9-3-10-20-27)28-21-11-4-12-22-28/h25-28,31-32H,1-12,15-22H2. The molecule has 0 atom stereocenters. The maximum absolute atomic E-state index is 11.9. The van der Waals surface area contributed by atoms with Gasteiger partial charge in [-0.2, -0.15) is 0 Å². The second-order valence-corrected chi connectivity index (χ2v) is 11.5. The van der Waals surface area contributed by atoms with Gasteiger partial charge in [0.1, 0.15) is 11.2 Å². The first-order valence-electron chi connectivity index (χ1n) is 14.1.